The Balaban J connectivity index is 1.78. The van der Waals surface area contributed by atoms with Gasteiger partial charge in [-0.2, -0.15) is 0 Å². The molecule has 0 aromatic heterocycles. The highest BCUT2D eigenvalue weighted by Gasteiger charge is 2.50. The Hall–Kier alpha value is -2.42. The molecule has 0 radical (unpaired) electrons. The third-order valence-electron chi connectivity index (χ3n) is 6.33. The number of allylic oxidation sites excluding steroid dienone is 1. The normalized spacial score (nSPS) is 27.1. The van der Waals surface area contributed by atoms with Crippen LogP contribution in [-0.2, 0) is 11.3 Å². The zero-order chi connectivity index (χ0) is 19.1. The first kappa shape index (κ1) is 18.0. The first-order valence-electron chi connectivity index (χ1n) is 9.75. The van der Waals surface area contributed by atoms with Gasteiger partial charge in [-0.1, -0.05) is 55.5 Å². The molecule has 3 heteroatoms. The molecule has 1 amide bonds. The number of halogens is 1. The number of amides is 1. The second-order valence-electron chi connectivity index (χ2n) is 8.09. The van der Waals surface area contributed by atoms with Crippen molar-refractivity contribution in [2.24, 2.45) is 17.8 Å². The number of benzene rings is 2. The Bertz CT molecular complexity index is 903. The summed E-state index contributed by atoms with van der Waals surface area (Å²) in [6.07, 6.45) is 5.35. The van der Waals surface area contributed by atoms with E-state index in [0.29, 0.717) is 18.0 Å². The van der Waals surface area contributed by atoms with E-state index in [1.165, 1.54) is 17.2 Å². The van der Waals surface area contributed by atoms with Crippen LogP contribution in [0.15, 0.2) is 54.6 Å². The summed E-state index contributed by atoms with van der Waals surface area (Å²) in [6, 6.07) is 13.2. The second-order valence-corrected chi connectivity index (χ2v) is 8.09. The number of hydrogen-bond donors (Lipinski definition) is 0. The molecular formula is C24H26FNO. The van der Waals surface area contributed by atoms with E-state index in [4.69, 9.17) is 0 Å². The molecule has 1 aliphatic carbocycles. The summed E-state index contributed by atoms with van der Waals surface area (Å²) in [5.74, 6) is 0.349. The number of hydrogen-bond acceptors (Lipinski definition) is 1. The molecule has 1 fully saturated rings. The van der Waals surface area contributed by atoms with Gasteiger partial charge in [0, 0.05) is 23.9 Å². The van der Waals surface area contributed by atoms with Crippen LogP contribution in [0, 0.1) is 37.4 Å². The Morgan fingerprint density at radius 1 is 1.11 bits per heavy atom. The summed E-state index contributed by atoms with van der Waals surface area (Å²) < 4.78 is 14.3. The van der Waals surface area contributed by atoms with Gasteiger partial charge in [-0.25, -0.2) is 4.39 Å². The number of fused-ring (bicyclic) bond motifs is 1. The molecule has 4 atom stereocenters. The van der Waals surface area contributed by atoms with E-state index in [9.17, 15) is 9.18 Å². The molecule has 0 saturated carbocycles. The van der Waals surface area contributed by atoms with E-state index >= 15 is 0 Å². The van der Waals surface area contributed by atoms with Gasteiger partial charge in [0.15, 0.2) is 0 Å². The van der Waals surface area contributed by atoms with Gasteiger partial charge in [0.25, 0.3) is 0 Å². The van der Waals surface area contributed by atoms with Gasteiger partial charge < -0.3 is 4.90 Å². The van der Waals surface area contributed by atoms with Crippen LogP contribution in [0.3, 0.4) is 0 Å². The SMILES string of the molecule is Cc1ccc([C@H]2[C@H]3C=CC[C@@H](C)[C@@H]3C(=O)N2Cc2ccccc2F)cc1C. The fourth-order valence-electron chi connectivity index (χ4n) is 4.68. The molecule has 4 rings (SSSR count). The third-order valence-corrected chi connectivity index (χ3v) is 6.33. The monoisotopic (exact) mass is 363 g/mol. The quantitative estimate of drug-likeness (QED) is 0.673. The molecule has 1 aliphatic heterocycles. The molecule has 0 bridgehead atoms. The van der Waals surface area contributed by atoms with Gasteiger partial charge >= 0.3 is 0 Å². The lowest BCUT2D eigenvalue weighted by molar-refractivity contribution is -0.134. The van der Waals surface area contributed by atoms with Gasteiger partial charge in [-0.3, -0.25) is 4.79 Å². The van der Waals surface area contributed by atoms with Crippen LogP contribution in [0.4, 0.5) is 4.39 Å². The van der Waals surface area contributed by atoms with Gasteiger partial charge in [0.05, 0.1) is 6.04 Å². The zero-order valence-electron chi connectivity index (χ0n) is 16.2. The fraction of sp³-hybridized carbons (Fsp3) is 0.375. The summed E-state index contributed by atoms with van der Waals surface area (Å²) in [6.45, 7) is 6.68. The Kier molecular flexibility index (Phi) is 4.63. The lowest BCUT2D eigenvalue weighted by Gasteiger charge is -2.30. The lowest BCUT2D eigenvalue weighted by atomic mass is 9.75. The molecule has 1 saturated heterocycles. The molecule has 0 spiro atoms. The standard InChI is InChI=1S/C24H26FNO/c1-15-11-12-18(13-17(15)3)23-20-9-6-7-16(2)22(20)24(27)26(23)14-19-8-4-5-10-21(19)25/h4-6,8-13,16,20,22-23H,7,14H2,1-3H3/t16-,20+,22+,23+/m1/s1. The lowest BCUT2D eigenvalue weighted by Crippen LogP contribution is -2.31. The summed E-state index contributed by atoms with van der Waals surface area (Å²) in [5.41, 5.74) is 4.19. The summed E-state index contributed by atoms with van der Waals surface area (Å²) in [4.78, 5) is 15.3. The first-order valence-corrected chi connectivity index (χ1v) is 9.75. The maximum atomic E-state index is 14.3. The Morgan fingerprint density at radius 2 is 1.89 bits per heavy atom. The molecule has 2 aromatic carbocycles. The van der Waals surface area contributed by atoms with Crippen molar-refractivity contribution >= 4 is 5.91 Å². The Labute approximate surface area is 160 Å². The molecule has 0 unspecified atom stereocenters. The molecule has 2 aromatic rings. The molecular weight excluding hydrogens is 337 g/mol. The van der Waals surface area contributed by atoms with Crippen LogP contribution in [0.5, 0.6) is 0 Å². The zero-order valence-corrected chi connectivity index (χ0v) is 16.2. The summed E-state index contributed by atoms with van der Waals surface area (Å²) in [5, 5.41) is 0. The minimum Gasteiger partial charge on any atom is -0.330 e. The molecule has 2 aliphatic rings. The number of nitrogens with zero attached hydrogens (tertiary/aromatic N) is 1. The van der Waals surface area contributed by atoms with E-state index in [2.05, 4.69) is 51.1 Å². The topological polar surface area (TPSA) is 20.3 Å². The highest BCUT2D eigenvalue weighted by atomic mass is 19.1. The van der Waals surface area contributed by atoms with Gasteiger partial charge in [-0.05, 0) is 48.9 Å². The van der Waals surface area contributed by atoms with E-state index in [1.54, 1.807) is 12.1 Å². The molecule has 2 nitrogen and oxygen atoms in total. The minimum atomic E-state index is -0.248. The van der Waals surface area contributed by atoms with Crippen molar-refractivity contribution in [2.45, 2.75) is 39.8 Å². The Morgan fingerprint density at radius 3 is 2.63 bits per heavy atom. The second kappa shape index (κ2) is 6.95. The largest absolute Gasteiger partial charge is 0.330 e. The van der Waals surface area contributed by atoms with Crippen molar-refractivity contribution in [1.82, 2.24) is 4.90 Å². The number of rotatable bonds is 3. The van der Waals surface area contributed by atoms with Gasteiger partial charge in [0.1, 0.15) is 5.82 Å². The van der Waals surface area contributed by atoms with Crippen molar-refractivity contribution in [3.8, 4) is 0 Å². The minimum absolute atomic E-state index is 0.0200. The smallest absolute Gasteiger partial charge is 0.227 e. The molecule has 27 heavy (non-hydrogen) atoms. The van der Waals surface area contributed by atoms with Crippen molar-refractivity contribution in [3.05, 3.63) is 82.7 Å². The summed E-state index contributed by atoms with van der Waals surface area (Å²) >= 11 is 0. The molecule has 0 N–H and O–H groups in total. The van der Waals surface area contributed by atoms with Crippen molar-refractivity contribution in [3.63, 3.8) is 0 Å². The number of aryl methyl sites for hydroxylation is 2. The van der Waals surface area contributed by atoms with Crippen molar-refractivity contribution < 1.29 is 9.18 Å². The van der Waals surface area contributed by atoms with Crippen LogP contribution in [0.25, 0.3) is 0 Å². The maximum absolute atomic E-state index is 14.3. The molecule has 140 valence electrons. The highest BCUT2D eigenvalue weighted by molar-refractivity contribution is 5.83. The highest BCUT2D eigenvalue weighted by Crippen LogP contribution is 2.49. The predicted molar refractivity (Wildman–Crippen MR) is 106 cm³/mol. The first-order chi connectivity index (χ1) is 13.0. The maximum Gasteiger partial charge on any atom is 0.227 e. The van der Waals surface area contributed by atoms with Crippen LogP contribution in [-0.4, -0.2) is 10.8 Å². The fourth-order valence-corrected chi connectivity index (χ4v) is 4.68. The van der Waals surface area contributed by atoms with Gasteiger partial charge in [0.2, 0.25) is 5.91 Å². The number of carbonyl (C=O) groups excluding carboxylic acids is 1. The van der Waals surface area contributed by atoms with Crippen molar-refractivity contribution in [2.75, 3.05) is 0 Å². The van der Waals surface area contributed by atoms with Crippen LogP contribution >= 0.6 is 0 Å². The number of carbonyl (C=O) groups is 1. The van der Waals surface area contributed by atoms with E-state index in [1.807, 2.05) is 11.0 Å². The van der Waals surface area contributed by atoms with Gasteiger partial charge in [-0.15, -0.1) is 0 Å². The van der Waals surface area contributed by atoms with Crippen molar-refractivity contribution in [1.29, 1.82) is 0 Å². The van der Waals surface area contributed by atoms with E-state index in [-0.39, 0.29) is 29.6 Å². The average molecular weight is 363 g/mol. The van der Waals surface area contributed by atoms with Crippen LogP contribution < -0.4 is 0 Å². The predicted octanol–water partition coefficient (Wildman–Crippen LogP) is 5.35. The molecule has 1 heterocycles. The van der Waals surface area contributed by atoms with Crippen LogP contribution in [0.2, 0.25) is 0 Å². The van der Waals surface area contributed by atoms with E-state index < -0.39 is 0 Å². The summed E-state index contributed by atoms with van der Waals surface area (Å²) in [7, 11) is 0. The van der Waals surface area contributed by atoms with Crippen LogP contribution in [0.1, 0.15) is 41.6 Å². The number of likely N-dealkylation sites (tertiary alicyclic amines) is 1. The third kappa shape index (κ3) is 3.09. The average Bonchev–Trinajstić information content (AvgIpc) is 2.93. The van der Waals surface area contributed by atoms with E-state index in [0.717, 1.165) is 12.0 Å².